The number of aryl methyl sites for hydroxylation is 2. The van der Waals surface area contributed by atoms with Crippen molar-refractivity contribution in [1.29, 1.82) is 0 Å². The number of benzene rings is 2. The van der Waals surface area contributed by atoms with E-state index in [2.05, 4.69) is 27.3 Å². The minimum absolute atomic E-state index is 0.0444. The molecular formula is C33H36ClN5O3. The van der Waals surface area contributed by atoms with E-state index in [0.29, 0.717) is 28.2 Å². The highest BCUT2D eigenvalue weighted by Gasteiger charge is 2.45. The smallest absolute Gasteiger partial charge is 0.255 e. The van der Waals surface area contributed by atoms with Gasteiger partial charge in [0.25, 0.3) is 17.7 Å². The number of carbonyl (C=O) groups excluding carboxylic acids is 3. The minimum Gasteiger partial charge on any atom is -0.339 e. The standard InChI is InChI=1S/C33H36ClN5O3/c1-21-17-23(9-10-28(21)34)20-37-15-11-25(12-16-37)39-30(26-7-3-4-8-27(26)33(39)42)31(40)36-29-19-24(18-22(2)35-29)32(41)38-13-5-6-14-38/h3-4,7-10,17-19,25,30H,5-6,11-16,20H2,1-2H3,(H,35,36,40). The van der Waals surface area contributed by atoms with E-state index in [1.165, 1.54) is 5.56 Å². The van der Waals surface area contributed by atoms with Gasteiger partial charge in [-0.05, 0) is 80.5 Å². The first-order valence-electron chi connectivity index (χ1n) is 14.8. The molecule has 2 aromatic carbocycles. The van der Waals surface area contributed by atoms with Crippen LogP contribution in [0.1, 0.15) is 74.8 Å². The summed E-state index contributed by atoms with van der Waals surface area (Å²) in [6.45, 7) is 7.78. The maximum Gasteiger partial charge on any atom is 0.255 e. The summed E-state index contributed by atoms with van der Waals surface area (Å²) in [5.41, 5.74) is 4.72. The van der Waals surface area contributed by atoms with Gasteiger partial charge in [-0.1, -0.05) is 41.9 Å². The van der Waals surface area contributed by atoms with Crippen molar-refractivity contribution in [2.24, 2.45) is 0 Å². The maximum absolute atomic E-state index is 13.9. The van der Waals surface area contributed by atoms with Gasteiger partial charge in [0.15, 0.2) is 0 Å². The molecule has 2 fully saturated rings. The monoisotopic (exact) mass is 585 g/mol. The number of anilines is 1. The first kappa shape index (κ1) is 28.4. The molecule has 0 radical (unpaired) electrons. The predicted octanol–water partition coefficient (Wildman–Crippen LogP) is 5.39. The highest BCUT2D eigenvalue weighted by Crippen LogP contribution is 2.38. The van der Waals surface area contributed by atoms with Crippen LogP contribution in [0, 0.1) is 13.8 Å². The van der Waals surface area contributed by atoms with Crippen molar-refractivity contribution in [1.82, 2.24) is 19.7 Å². The van der Waals surface area contributed by atoms with Crippen molar-refractivity contribution in [2.75, 3.05) is 31.5 Å². The number of hydrogen-bond acceptors (Lipinski definition) is 5. The van der Waals surface area contributed by atoms with E-state index in [1.807, 2.05) is 43.0 Å². The molecular weight excluding hydrogens is 550 g/mol. The molecule has 1 atom stereocenters. The number of aromatic nitrogens is 1. The number of piperidine rings is 1. The Kier molecular flexibility index (Phi) is 8.01. The molecule has 0 spiro atoms. The molecule has 218 valence electrons. The molecule has 8 nitrogen and oxygen atoms in total. The Morgan fingerprint density at radius 1 is 0.976 bits per heavy atom. The van der Waals surface area contributed by atoms with E-state index in [4.69, 9.17) is 11.6 Å². The van der Waals surface area contributed by atoms with Crippen molar-refractivity contribution in [3.8, 4) is 0 Å². The molecule has 2 saturated heterocycles. The number of likely N-dealkylation sites (tertiary alicyclic amines) is 2. The zero-order valence-electron chi connectivity index (χ0n) is 24.1. The van der Waals surface area contributed by atoms with Crippen molar-refractivity contribution in [2.45, 2.75) is 58.2 Å². The van der Waals surface area contributed by atoms with Crippen molar-refractivity contribution < 1.29 is 14.4 Å². The lowest BCUT2D eigenvalue weighted by Gasteiger charge is -2.39. The summed E-state index contributed by atoms with van der Waals surface area (Å²) in [6, 6.07) is 16.1. The molecule has 1 N–H and O–H groups in total. The second-order valence-electron chi connectivity index (χ2n) is 11.7. The van der Waals surface area contributed by atoms with Gasteiger partial charge < -0.3 is 15.1 Å². The number of fused-ring (bicyclic) bond motifs is 1. The molecule has 4 heterocycles. The predicted molar refractivity (Wildman–Crippen MR) is 163 cm³/mol. The van der Waals surface area contributed by atoms with Crippen LogP contribution in [0.15, 0.2) is 54.6 Å². The van der Waals surface area contributed by atoms with Gasteiger partial charge in [-0.2, -0.15) is 0 Å². The molecule has 0 bridgehead atoms. The van der Waals surface area contributed by atoms with Gasteiger partial charge in [-0.25, -0.2) is 4.98 Å². The summed E-state index contributed by atoms with van der Waals surface area (Å²) in [4.78, 5) is 51.2. The summed E-state index contributed by atoms with van der Waals surface area (Å²) in [6.07, 6.45) is 3.55. The van der Waals surface area contributed by atoms with Crippen LogP contribution in [-0.2, 0) is 11.3 Å². The fourth-order valence-corrected chi connectivity index (χ4v) is 6.67. The molecule has 0 aliphatic carbocycles. The van der Waals surface area contributed by atoms with E-state index >= 15 is 0 Å². The van der Waals surface area contributed by atoms with E-state index in [9.17, 15) is 14.4 Å². The number of carbonyl (C=O) groups is 3. The summed E-state index contributed by atoms with van der Waals surface area (Å²) in [7, 11) is 0. The van der Waals surface area contributed by atoms with Crippen molar-refractivity contribution in [3.63, 3.8) is 0 Å². The van der Waals surface area contributed by atoms with Crippen LogP contribution in [-0.4, -0.2) is 69.6 Å². The Hall–Kier alpha value is -3.75. The average Bonchev–Trinajstić information content (AvgIpc) is 3.62. The second-order valence-corrected chi connectivity index (χ2v) is 12.1. The number of rotatable bonds is 6. The lowest BCUT2D eigenvalue weighted by molar-refractivity contribution is -0.121. The topological polar surface area (TPSA) is 85.8 Å². The van der Waals surface area contributed by atoms with E-state index in [-0.39, 0.29) is 23.8 Å². The molecule has 3 aromatic rings. The van der Waals surface area contributed by atoms with Gasteiger partial charge in [0, 0.05) is 60.6 Å². The molecule has 3 aliphatic rings. The minimum atomic E-state index is -0.760. The number of pyridine rings is 1. The van der Waals surface area contributed by atoms with Crippen LogP contribution >= 0.6 is 11.6 Å². The first-order valence-corrected chi connectivity index (χ1v) is 15.1. The number of nitrogens with zero attached hydrogens (tertiary/aromatic N) is 4. The third kappa shape index (κ3) is 5.65. The Labute approximate surface area is 251 Å². The molecule has 42 heavy (non-hydrogen) atoms. The molecule has 0 saturated carbocycles. The average molecular weight is 586 g/mol. The fourth-order valence-electron chi connectivity index (χ4n) is 6.55. The number of amides is 3. The van der Waals surface area contributed by atoms with Crippen LogP contribution in [0.25, 0.3) is 0 Å². The van der Waals surface area contributed by atoms with E-state index in [1.54, 1.807) is 23.1 Å². The van der Waals surface area contributed by atoms with Gasteiger partial charge in [0.1, 0.15) is 11.9 Å². The Morgan fingerprint density at radius 2 is 1.71 bits per heavy atom. The van der Waals surface area contributed by atoms with Gasteiger partial charge in [-0.3, -0.25) is 19.3 Å². The van der Waals surface area contributed by atoms with Gasteiger partial charge in [-0.15, -0.1) is 0 Å². The summed E-state index contributed by atoms with van der Waals surface area (Å²) in [5.74, 6) is -0.144. The zero-order valence-corrected chi connectivity index (χ0v) is 24.9. The van der Waals surface area contributed by atoms with Gasteiger partial charge in [0.2, 0.25) is 0 Å². The summed E-state index contributed by atoms with van der Waals surface area (Å²) < 4.78 is 0. The van der Waals surface area contributed by atoms with Crippen LogP contribution in [0.3, 0.4) is 0 Å². The van der Waals surface area contributed by atoms with Gasteiger partial charge >= 0.3 is 0 Å². The molecule has 3 amide bonds. The third-order valence-corrected chi connectivity index (χ3v) is 9.09. The highest BCUT2D eigenvalue weighted by atomic mass is 35.5. The molecule has 1 aromatic heterocycles. The number of hydrogen-bond donors (Lipinski definition) is 1. The number of halogens is 1. The Bertz CT molecular complexity index is 1530. The molecule has 6 rings (SSSR count). The summed E-state index contributed by atoms with van der Waals surface area (Å²) >= 11 is 6.21. The highest BCUT2D eigenvalue weighted by molar-refractivity contribution is 6.31. The van der Waals surface area contributed by atoms with Gasteiger partial charge in [0.05, 0.1) is 0 Å². The lowest BCUT2D eigenvalue weighted by Crippen LogP contribution is -2.48. The van der Waals surface area contributed by atoms with Crippen LogP contribution < -0.4 is 5.32 Å². The molecule has 1 unspecified atom stereocenters. The molecule has 3 aliphatic heterocycles. The number of nitrogens with one attached hydrogen (secondary N) is 1. The van der Waals surface area contributed by atoms with Crippen LogP contribution in [0.4, 0.5) is 5.82 Å². The Morgan fingerprint density at radius 3 is 2.45 bits per heavy atom. The molecule has 9 heteroatoms. The van der Waals surface area contributed by atoms with Crippen molar-refractivity contribution in [3.05, 3.63) is 93.1 Å². The van der Waals surface area contributed by atoms with Crippen molar-refractivity contribution >= 4 is 35.1 Å². The zero-order chi connectivity index (χ0) is 29.4. The van der Waals surface area contributed by atoms with E-state index in [0.717, 1.165) is 69.0 Å². The maximum atomic E-state index is 13.9. The summed E-state index contributed by atoms with van der Waals surface area (Å²) in [5, 5.41) is 3.72. The SMILES string of the molecule is Cc1cc(C(=O)N2CCCC2)cc(NC(=O)C2c3ccccc3C(=O)N2C2CCN(Cc3ccc(Cl)c(C)c3)CC2)n1. The fraction of sp³-hybridized carbons (Fsp3) is 0.394. The van der Waals surface area contributed by atoms with E-state index < -0.39 is 6.04 Å². The normalized spacial score (nSPS) is 19.3. The first-order chi connectivity index (χ1) is 20.3. The van der Waals surface area contributed by atoms with Crippen LogP contribution in [0.2, 0.25) is 5.02 Å². The Balaban J connectivity index is 1.19. The van der Waals surface area contributed by atoms with Crippen LogP contribution in [0.5, 0.6) is 0 Å². The second kappa shape index (κ2) is 11.9. The quantitative estimate of drug-likeness (QED) is 0.419. The lowest BCUT2D eigenvalue weighted by atomic mass is 9.99. The third-order valence-electron chi connectivity index (χ3n) is 8.67. The largest absolute Gasteiger partial charge is 0.339 e.